The smallest absolute Gasteiger partial charge is 0.00682 e. The lowest BCUT2D eigenvalue weighted by Crippen LogP contribution is -2.19. The van der Waals surface area contributed by atoms with Crippen LogP contribution in [-0.4, -0.2) is 24.6 Å². The molecular formula is C11H23NS. The van der Waals surface area contributed by atoms with Gasteiger partial charge in [0.15, 0.2) is 0 Å². The zero-order valence-electron chi connectivity index (χ0n) is 9.01. The van der Waals surface area contributed by atoms with Gasteiger partial charge in [-0.05, 0) is 56.6 Å². The van der Waals surface area contributed by atoms with E-state index in [-0.39, 0.29) is 0 Å². The molecule has 1 saturated carbocycles. The molecule has 13 heavy (non-hydrogen) atoms. The third kappa shape index (κ3) is 6.39. The number of nitrogens with one attached hydrogen (secondary N) is 1. The first-order valence-electron chi connectivity index (χ1n) is 5.55. The van der Waals surface area contributed by atoms with Crippen LogP contribution in [0.3, 0.4) is 0 Å². The van der Waals surface area contributed by atoms with Gasteiger partial charge in [-0.15, -0.1) is 0 Å². The van der Waals surface area contributed by atoms with Crippen LogP contribution in [0.25, 0.3) is 0 Å². The molecule has 1 rings (SSSR count). The summed E-state index contributed by atoms with van der Waals surface area (Å²) in [6.45, 7) is 3.63. The second-order valence-corrected chi connectivity index (χ2v) is 5.24. The van der Waals surface area contributed by atoms with E-state index in [2.05, 4.69) is 18.5 Å². The molecule has 1 aliphatic rings. The third-order valence-corrected chi connectivity index (χ3v) is 3.39. The van der Waals surface area contributed by atoms with Crippen molar-refractivity contribution < 1.29 is 0 Å². The number of rotatable bonds is 8. The molecule has 2 heteroatoms. The normalized spacial score (nSPS) is 18.9. The van der Waals surface area contributed by atoms with E-state index >= 15 is 0 Å². The molecule has 0 radical (unpaired) electrons. The maximum atomic E-state index is 3.57. The van der Waals surface area contributed by atoms with Crippen molar-refractivity contribution in [2.45, 2.75) is 45.1 Å². The van der Waals surface area contributed by atoms with Gasteiger partial charge in [0.05, 0.1) is 0 Å². The van der Waals surface area contributed by atoms with Crippen molar-refractivity contribution in [3.8, 4) is 0 Å². The van der Waals surface area contributed by atoms with Crippen LogP contribution < -0.4 is 5.32 Å². The quantitative estimate of drug-likeness (QED) is 0.606. The maximum Gasteiger partial charge on any atom is 0.00682 e. The Kier molecular flexibility index (Phi) is 5.88. The van der Waals surface area contributed by atoms with Crippen LogP contribution in [0, 0.1) is 5.92 Å². The molecule has 0 aliphatic heterocycles. The Morgan fingerprint density at radius 2 is 2.15 bits per heavy atom. The fourth-order valence-electron chi connectivity index (χ4n) is 1.54. The lowest BCUT2D eigenvalue weighted by molar-refractivity contribution is 0.466. The molecule has 1 fully saturated rings. The molecule has 0 saturated heterocycles. The van der Waals surface area contributed by atoms with E-state index in [1.807, 2.05) is 11.8 Å². The van der Waals surface area contributed by atoms with E-state index in [4.69, 9.17) is 0 Å². The minimum absolute atomic E-state index is 0.887. The lowest BCUT2D eigenvalue weighted by Gasteiger charge is -2.10. The van der Waals surface area contributed by atoms with Gasteiger partial charge in [-0.1, -0.05) is 6.92 Å². The summed E-state index contributed by atoms with van der Waals surface area (Å²) in [5, 5.41) is 3.57. The van der Waals surface area contributed by atoms with Crippen molar-refractivity contribution in [3.63, 3.8) is 0 Å². The van der Waals surface area contributed by atoms with E-state index in [0.717, 1.165) is 12.0 Å². The summed E-state index contributed by atoms with van der Waals surface area (Å²) in [5.74, 6) is 2.25. The Labute approximate surface area is 87.1 Å². The van der Waals surface area contributed by atoms with Crippen LogP contribution >= 0.6 is 11.8 Å². The van der Waals surface area contributed by atoms with Crippen LogP contribution in [0.1, 0.15) is 39.0 Å². The van der Waals surface area contributed by atoms with Crippen molar-refractivity contribution in [3.05, 3.63) is 0 Å². The van der Waals surface area contributed by atoms with Gasteiger partial charge in [0.2, 0.25) is 0 Å². The van der Waals surface area contributed by atoms with Gasteiger partial charge in [0.25, 0.3) is 0 Å². The van der Waals surface area contributed by atoms with Gasteiger partial charge < -0.3 is 5.32 Å². The van der Waals surface area contributed by atoms with Crippen molar-refractivity contribution in [1.82, 2.24) is 5.32 Å². The first-order valence-corrected chi connectivity index (χ1v) is 6.94. The molecule has 0 amide bonds. The largest absolute Gasteiger partial charge is 0.314 e. The standard InChI is InChI=1S/C11H23NS/c1-10(4-3-9-13-2)7-8-12-11-5-6-11/h10-12H,3-9H2,1-2H3. The van der Waals surface area contributed by atoms with Gasteiger partial charge >= 0.3 is 0 Å². The molecule has 0 aromatic carbocycles. The van der Waals surface area contributed by atoms with Crippen molar-refractivity contribution in [2.24, 2.45) is 5.92 Å². The topological polar surface area (TPSA) is 12.0 Å². The van der Waals surface area contributed by atoms with Gasteiger partial charge in [-0.25, -0.2) is 0 Å². The fraction of sp³-hybridized carbons (Fsp3) is 1.00. The first-order chi connectivity index (χ1) is 6.33. The molecule has 1 aliphatic carbocycles. The number of hydrogen-bond donors (Lipinski definition) is 1. The van der Waals surface area contributed by atoms with Crippen molar-refractivity contribution >= 4 is 11.8 Å². The molecule has 0 heterocycles. The Hall–Kier alpha value is 0.310. The molecule has 1 nitrogen and oxygen atoms in total. The Balaban J connectivity index is 1.81. The van der Waals surface area contributed by atoms with E-state index in [1.54, 1.807) is 0 Å². The third-order valence-electron chi connectivity index (χ3n) is 2.69. The summed E-state index contributed by atoms with van der Waals surface area (Å²) in [5.41, 5.74) is 0. The summed E-state index contributed by atoms with van der Waals surface area (Å²) >= 11 is 1.97. The molecule has 0 bridgehead atoms. The van der Waals surface area contributed by atoms with Crippen molar-refractivity contribution in [2.75, 3.05) is 18.6 Å². The molecule has 0 aromatic heterocycles. The molecule has 1 N–H and O–H groups in total. The van der Waals surface area contributed by atoms with E-state index in [0.29, 0.717) is 0 Å². The average Bonchev–Trinajstić information content (AvgIpc) is 2.89. The fourth-order valence-corrected chi connectivity index (χ4v) is 2.00. The van der Waals surface area contributed by atoms with Crippen LogP contribution in [0.15, 0.2) is 0 Å². The second-order valence-electron chi connectivity index (χ2n) is 4.26. The first kappa shape index (κ1) is 11.4. The van der Waals surface area contributed by atoms with Crippen LogP contribution in [0.5, 0.6) is 0 Å². The zero-order chi connectivity index (χ0) is 9.52. The highest BCUT2D eigenvalue weighted by molar-refractivity contribution is 7.98. The van der Waals surface area contributed by atoms with Gasteiger partial charge in [-0.3, -0.25) is 0 Å². The Morgan fingerprint density at radius 3 is 2.77 bits per heavy atom. The summed E-state index contributed by atoms with van der Waals surface area (Å²) < 4.78 is 0. The van der Waals surface area contributed by atoms with Crippen molar-refractivity contribution in [1.29, 1.82) is 0 Å². The number of hydrogen-bond acceptors (Lipinski definition) is 2. The van der Waals surface area contributed by atoms with Crippen LogP contribution in [0.2, 0.25) is 0 Å². The van der Waals surface area contributed by atoms with Gasteiger partial charge in [0, 0.05) is 6.04 Å². The highest BCUT2D eigenvalue weighted by Crippen LogP contribution is 2.19. The predicted octanol–water partition coefficient (Wildman–Crippen LogP) is 2.91. The molecular weight excluding hydrogens is 178 g/mol. The van der Waals surface area contributed by atoms with Crippen LogP contribution in [-0.2, 0) is 0 Å². The second kappa shape index (κ2) is 6.72. The van der Waals surface area contributed by atoms with E-state index < -0.39 is 0 Å². The predicted molar refractivity (Wildman–Crippen MR) is 62.4 cm³/mol. The van der Waals surface area contributed by atoms with Gasteiger partial charge in [0.1, 0.15) is 0 Å². The lowest BCUT2D eigenvalue weighted by atomic mass is 10.0. The van der Waals surface area contributed by atoms with E-state index in [1.165, 1.54) is 44.4 Å². The highest BCUT2D eigenvalue weighted by Gasteiger charge is 2.19. The summed E-state index contributed by atoms with van der Waals surface area (Å²) in [6, 6.07) is 0.887. The average molecular weight is 201 g/mol. The maximum absolute atomic E-state index is 3.57. The summed E-state index contributed by atoms with van der Waals surface area (Å²) in [7, 11) is 0. The molecule has 0 aromatic rings. The minimum Gasteiger partial charge on any atom is -0.314 e. The monoisotopic (exact) mass is 201 g/mol. The molecule has 0 spiro atoms. The van der Waals surface area contributed by atoms with Gasteiger partial charge in [-0.2, -0.15) is 11.8 Å². The Bertz CT molecular complexity index is 123. The molecule has 1 unspecified atom stereocenters. The molecule has 1 atom stereocenters. The van der Waals surface area contributed by atoms with E-state index in [9.17, 15) is 0 Å². The number of thioether (sulfide) groups is 1. The SMILES string of the molecule is CSCCCC(C)CCNC1CC1. The van der Waals surface area contributed by atoms with Crippen LogP contribution in [0.4, 0.5) is 0 Å². The zero-order valence-corrected chi connectivity index (χ0v) is 9.83. The molecule has 78 valence electrons. The minimum atomic E-state index is 0.887. The summed E-state index contributed by atoms with van der Waals surface area (Å²) in [4.78, 5) is 0. The Morgan fingerprint density at radius 1 is 1.38 bits per heavy atom. The summed E-state index contributed by atoms with van der Waals surface area (Å²) in [6.07, 6.45) is 9.20. The highest BCUT2D eigenvalue weighted by atomic mass is 32.2.